The zero-order chi connectivity index (χ0) is 9.26. The van der Waals surface area contributed by atoms with Gasteiger partial charge >= 0.3 is 0 Å². The van der Waals surface area contributed by atoms with Crippen LogP contribution in [0.1, 0.15) is 39.0 Å². The lowest BCUT2D eigenvalue weighted by Gasteiger charge is -2.24. The SMILES string of the molecule is CCCN(CC(N)C1CC1)C1CC1. The van der Waals surface area contributed by atoms with Gasteiger partial charge in [-0.3, -0.25) is 4.90 Å². The molecule has 2 saturated carbocycles. The van der Waals surface area contributed by atoms with Crippen LogP contribution in [0.25, 0.3) is 0 Å². The van der Waals surface area contributed by atoms with Gasteiger partial charge in [-0.05, 0) is 44.6 Å². The number of rotatable bonds is 6. The standard InChI is InChI=1S/C11H22N2/c1-2-7-13(10-5-6-10)8-11(12)9-3-4-9/h9-11H,2-8,12H2,1H3. The smallest absolute Gasteiger partial charge is 0.0196 e. The van der Waals surface area contributed by atoms with Gasteiger partial charge in [0.25, 0.3) is 0 Å². The number of hydrogen-bond donors (Lipinski definition) is 1. The minimum Gasteiger partial charge on any atom is -0.326 e. The van der Waals surface area contributed by atoms with Gasteiger partial charge in [0.2, 0.25) is 0 Å². The van der Waals surface area contributed by atoms with Crippen molar-refractivity contribution in [3.8, 4) is 0 Å². The van der Waals surface area contributed by atoms with Crippen LogP contribution >= 0.6 is 0 Å². The first-order valence-corrected chi connectivity index (χ1v) is 5.81. The maximum absolute atomic E-state index is 6.13. The Kier molecular flexibility index (Phi) is 2.89. The predicted octanol–water partition coefficient (Wildman–Crippen LogP) is 1.60. The van der Waals surface area contributed by atoms with Crippen LogP contribution in [-0.2, 0) is 0 Å². The largest absolute Gasteiger partial charge is 0.326 e. The maximum Gasteiger partial charge on any atom is 0.0196 e. The zero-order valence-electron chi connectivity index (χ0n) is 8.71. The molecule has 2 aliphatic carbocycles. The van der Waals surface area contributed by atoms with Gasteiger partial charge in [-0.2, -0.15) is 0 Å². The van der Waals surface area contributed by atoms with Crippen molar-refractivity contribution in [1.82, 2.24) is 4.90 Å². The highest BCUT2D eigenvalue weighted by atomic mass is 15.2. The molecule has 2 aliphatic rings. The summed E-state index contributed by atoms with van der Waals surface area (Å²) in [5.74, 6) is 0.859. The average molecular weight is 182 g/mol. The normalized spacial score (nSPS) is 25.2. The molecule has 1 unspecified atom stereocenters. The molecule has 0 saturated heterocycles. The number of nitrogens with two attached hydrogens (primary N) is 1. The van der Waals surface area contributed by atoms with E-state index in [1.807, 2.05) is 0 Å². The second kappa shape index (κ2) is 3.97. The van der Waals surface area contributed by atoms with Crippen LogP contribution in [0.15, 0.2) is 0 Å². The minimum absolute atomic E-state index is 0.465. The third-order valence-electron chi connectivity index (χ3n) is 3.25. The van der Waals surface area contributed by atoms with E-state index in [2.05, 4.69) is 11.8 Å². The van der Waals surface area contributed by atoms with Crippen molar-refractivity contribution in [1.29, 1.82) is 0 Å². The summed E-state index contributed by atoms with van der Waals surface area (Å²) in [5.41, 5.74) is 6.13. The van der Waals surface area contributed by atoms with Crippen molar-refractivity contribution in [3.63, 3.8) is 0 Å². The Morgan fingerprint density at radius 2 is 2.00 bits per heavy atom. The Bertz CT molecular complexity index is 161. The van der Waals surface area contributed by atoms with Gasteiger partial charge in [-0.15, -0.1) is 0 Å². The van der Waals surface area contributed by atoms with Crippen LogP contribution in [0.2, 0.25) is 0 Å². The average Bonchev–Trinajstić information content (AvgIpc) is 2.96. The van der Waals surface area contributed by atoms with Gasteiger partial charge in [0.1, 0.15) is 0 Å². The Labute approximate surface area is 81.5 Å². The van der Waals surface area contributed by atoms with Gasteiger partial charge in [0.05, 0.1) is 0 Å². The first kappa shape index (κ1) is 9.47. The van der Waals surface area contributed by atoms with Crippen LogP contribution in [0.4, 0.5) is 0 Å². The fourth-order valence-electron chi connectivity index (χ4n) is 2.09. The fraction of sp³-hybridized carbons (Fsp3) is 1.00. The first-order valence-electron chi connectivity index (χ1n) is 5.81. The van der Waals surface area contributed by atoms with Gasteiger partial charge in [-0.25, -0.2) is 0 Å². The minimum atomic E-state index is 0.465. The molecule has 2 N–H and O–H groups in total. The molecule has 0 spiro atoms. The van der Waals surface area contributed by atoms with Crippen molar-refractivity contribution >= 4 is 0 Å². The zero-order valence-corrected chi connectivity index (χ0v) is 8.71. The molecular weight excluding hydrogens is 160 g/mol. The van der Waals surface area contributed by atoms with E-state index in [1.54, 1.807) is 0 Å². The van der Waals surface area contributed by atoms with Crippen LogP contribution in [0.5, 0.6) is 0 Å². The molecular formula is C11H22N2. The fourth-order valence-corrected chi connectivity index (χ4v) is 2.09. The molecule has 2 fully saturated rings. The van der Waals surface area contributed by atoms with E-state index in [0.29, 0.717) is 6.04 Å². The first-order chi connectivity index (χ1) is 6.31. The molecule has 2 nitrogen and oxygen atoms in total. The van der Waals surface area contributed by atoms with Gasteiger partial charge in [-0.1, -0.05) is 6.92 Å². The second-order valence-electron chi connectivity index (χ2n) is 4.73. The van der Waals surface area contributed by atoms with E-state index in [1.165, 1.54) is 38.6 Å². The molecule has 0 aromatic carbocycles. The molecule has 0 aromatic rings. The lowest BCUT2D eigenvalue weighted by atomic mass is 10.2. The summed E-state index contributed by atoms with van der Waals surface area (Å²) in [5, 5.41) is 0. The summed E-state index contributed by atoms with van der Waals surface area (Å²) in [6.07, 6.45) is 6.86. The highest BCUT2D eigenvalue weighted by Gasteiger charge is 2.34. The van der Waals surface area contributed by atoms with Crippen LogP contribution < -0.4 is 5.73 Å². The van der Waals surface area contributed by atoms with Crippen LogP contribution in [-0.4, -0.2) is 30.1 Å². The van der Waals surface area contributed by atoms with Crippen molar-refractivity contribution in [2.24, 2.45) is 11.7 Å². The summed E-state index contributed by atoms with van der Waals surface area (Å²) in [6, 6.07) is 1.36. The van der Waals surface area contributed by atoms with Crippen LogP contribution in [0, 0.1) is 5.92 Å². The molecule has 0 radical (unpaired) electrons. The summed E-state index contributed by atoms with van der Waals surface area (Å²) in [6.45, 7) is 4.67. The highest BCUT2D eigenvalue weighted by Crippen LogP contribution is 2.34. The molecule has 1 atom stereocenters. The predicted molar refractivity (Wildman–Crippen MR) is 55.6 cm³/mol. The topological polar surface area (TPSA) is 29.3 Å². The van der Waals surface area contributed by atoms with Crippen molar-refractivity contribution < 1.29 is 0 Å². The molecule has 0 amide bonds. The number of nitrogens with zero attached hydrogens (tertiary/aromatic N) is 1. The van der Waals surface area contributed by atoms with Crippen molar-refractivity contribution in [2.45, 2.75) is 51.1 Å². The lowest BCUT2D eigenvalue weighted by molar-refractivity contribution is 0.239. The molecule has 0 aliphatic heterocycles. The van der Waals surface area contributed by atoms with E-state index in [0.717, 1.165) is 18.5 Å². The van der Waals surface area contributed by atoms with E-state index >= 15 is 0 Å². The molecule has 0 aromatic heterocycles. The molecule has 0 bridgehead atoms. The van der Waals surface area contributed by atoms with E-state index in [-0.39, 0.29) is 0 Å². The van der Waals surface area contributed by atoms with Gasteiger partial charge in [0.15, 0.2) is 0 Å². The third-order valence-corrected chi connectivity index (χ3v) is 3.25. The highest BCUT2D eigenvalue weighted by molar-refractivity contribution is 4.91. The monoisotopic (exact) mass is 182 g/mol. The summed E-state index contributed by atoms with van der Waals surface area (Å²) in [7, 11) is 0. The maximum atomic E-state index is 6.13. The summed E-state index contributed by atoms with van der Waals surface area (Å²) >= 11 is 0. The summed E-state index contributed by atoms with van der Waals surface area (Å²) < 4.78 is 0. The third kappa shape index (κ3) is 2.68. The Morgan fingerprint density at radius 3 is 2.46 bits per heavy atom. The Morgan fingerprint density at radius 1 is 1.31 bits per heavy atom. The Hall–Kier alpha value is -0.0800. The lowest BCUT2D eigenvalue weighted by Crippen LogP contribution is -2.40. The van der Waals surface area contributed by atoms with Crippen LogP contribution in [0.3, 0.4) is 0 Å². The second-order valence-corrected chi connectivity index (χ2v) is 4.73. The Balaban J connectivity index is 1.73. The van der Waals surface area contributed by atoms with E-state index in [9.17, 15) is 0 Å². The molecule has 76 valence electrons. The van der Waals surface area contributed by atoms with Gasteiger partial charge in [0, 0.05) is 18.6 Å². The molecule has 0 heterocycles. The van der Waals surface area contributed by atoms with E-state index in [4.69, 9.17) is 5.73 Å². The number of hydrogen-bond acceptors (Lipinski definition) is 2. The van der Waals surface area contributed by atoms with E-state index < -0.39 is 0 Å². The molecule has 13 heavy (non-hydrogen) atoms. The van der Waals surface area contributed by atoms with Gasteiger partial charge < -0.3 is 5.73 Å². The quantitative estimate of drug-likeness (QED) is 0.676. The summed E-state index contributed by atoms with van der Waals surface area (Å²) in [4.78, 5) is 2.61. The van der Waals surface area contributed by atoms with Crippen molar-refractivity contribution in [3.05, 3.63) is 0 Å². The van der Waals surface area contributed by atoms with Crippen molar-refractivity contribution in [2.75, 3.05) is 13.1 Å². The molecule has 2 rings (SSSR count). The molecule has 2 heteroatoms.